The Morgan fingerprint density at radius 2 is 2.13 bits per heavy atom. The van der Waals surface area contributed by atoms with Crippen LogP contribution in [0, 0.1) is 6.92 Å². The van der Waals surface area contributed by atoms with E-state index in [1.54, 1.807) is 6.20 Å². The quantitative estimate of drug-likeness (QED) is 0.501. The third kappa shape index (κ3) is 4.68. The van der Waals surface area contributed by atoms with E-state index in [0.717, 1.165) is 40.8 Å². The fourth-order valence-corrected chi connectivity index (χ4v) is 2.33. The molecule has 120 valence electrons. The van der Waals surface area contributed by atoms with Crippen molar-refractivity contribution in [2.24, 2.45) is 0 Å². The van der Waals surface area contributed by atoms with Gasteiger partial charge >= 0.3 is 5.97 Å². The van der Waals surface area contributed by atoms with Crippen molar-refractivity contribution in [1.29, 1.82) is 0 Å². The summed E-state index contributed by atoms with van der Waals surface area (Å²) in [7, 11) is 1.41. The number of allylic oxidation sites excluding steroid dienone is 1. The largest absolute Gasteiger partial charge is 0.469 e. The third-order valence-electron chi connectivity index (χ3n) is 3.72. The number of pyridine rings is 1. The molecular formula is C19H22N2O2. The van der Waals surface area contributed by atoms with Crippen molar-refractivity contribution in [3.8, 4) is 0 Å². The number of esters is 1. The molecule has 2 aromatic rings. The average molecular weight is 310 g/mol. The Balaban J connectivity index is 2.25. The van der Waals surface area contributed by atoms with Gasteiger partial charge in [0.05, 0.1) is 7.11 Å². The molecule has 0 amide bonds. The first-order chi connectivity index (χ1) is 11.1. The fourth-order valence-electron chi connectivity index (χ4n) is 2.33. The minimum atomic E-state index is -0.180. The number of anilines is 1. The highest BCUT2D eigenvalue weighted by molar-refractivity contribution is 5.81. The smallest absolute Gasteiger partial charge is 0.305 e. The molecule has 1 aromatic heterocycles. The number of hydrogen-bond donors (Lipinski definition) is 1. The Hall–Kier alpha value is -2.62. The third-order valence-corrected chi connectivity index (χ3v) is 3.72. The highest BCUT2D eigenvalue weighted by atomic mass is 16.5. The van der Waals surface area contributed by atoms with Crippen molar-refractivity contribution in [1.82, 2.24) is 4.98 Å². The molecule has 0 bridgehead atoms. The van der Waals surface area contributed by atoms with Gasteiger partial charge in [-0.2, -0.15) is 0 Å². The Kier molecular flexibility index (Phi) is 5.92. The number of carbonyl (C=O) groups is 1. The Labute approximate surface area is 137 Å². The van der Waals surface area contributed by atoms with Gasteiger partial charge in [-0.15, -0.1) is 0 Å². The SMILES string of the molecule is COC(=O)CCCC=C(c1cccnc1)c1ccc(C)c(N)c1. The van der Waals surface area contributed by atoms with Gasteiger partial charge in [0.2, 0.25) is 0 Å². The van der Waals surface area contributed by atoms with Crippen LogP contribution >= 0.6 is 0 Å². The van der Waals surface area contributed by atoms with Crippen LogP contribution in [0.5, 0.6) is 0 Å². The van der Waals surface area contributed by atoms with E-state index in [-0.39, 0.29) is 5.97 Å². The number of unbranched alkanes of at least 4 members (excludes halogenated alkanes) is 1. The van der Waals surface area contributed by atoms with Crippen LogP contribution in [0.1, 0.15) is 36.0 Å². The van der Waals surface area contributed by atoms with Gasteiger partial charge in [0.15, 0.2) is 0 Å². The molecule has 0 spiro atoms. The van der Waals surface area contributed by atoms with Gasteiger partial charge in [0, 0.05) is 30.1 Å². The summed E-state index contributed by atoms with van der Waals surface area (Å²) in [5.74, 6) is -0.180. The molecular weight excluding hydrogens is 288 g/mol. The van der Waals surface area contributed by atoms with Gasteiger partial charge in [0.25, 0.3) is 0 Å². The standard InChI is InChI=1S/C19H22N2O2/c1-14-9-10-15(12-18(14)20)17(16-6-5-11-21-13-16)7-3-4-8-19(22)23-2/h5-7,9-13H,3-4,8,20H2,1-2H3. The number of rotatable bonds is 6. The lowest BCUT2D eigenvalue weighted by Gasteiger charge is -2.10. The van der Waals surface area contributed by atoms with Crippen LogP contribution in [0.25, 0.3) is 5.57 Å². The van der Waals surface area contributed by atoms with Crippen molar-refractivity contribution < 1.29 is 9.53 Å². The number of nitrogens with two attached hydrogens (primary N) is 1. The Morgan fingerprint density at radius 3 is 2.78 bits per heavy atom. The van der Waals surface area contributed by atoms with E-state index in [1.165, 1.54) is 7.11 Å². The molecule has 2 rings (SSSR count). The second kappa shape index (κ2) is 8.13. The lowest BCUT2D eigenvalue weighted by Crippen LogP contribution is -1.99. The maximum Gasteiger partial charge on any atom is 0.305 e. The van der Waals surface area contributed by atoms with Crippen LogP contribution in [0.4, 0.5) is 5.69 Å². The van der Waals surface area contributed by atoms with Crippen molar-refractivity contribution in [3.05, 3.63) is 65.5 Å². The first kappa shape index (κ1) is 16.7. The van der Waals surface area contributed by atoms with E-state index in [0.29, 0.717) is 6.42 Å². The Morgan fingerprint density at radius 1 is 1.30 bits per heavy atom. The van der Waals surface area contributed by atoms with Gasteiger partial charge < -0.3 is 10.5 Å². The molecule has 0 fully saturated rings. The van der Waals surface area contributed by atoms with Crippen LogP contribution in [0.2, 0.25) is 0 Å². The molecule has 4 heteroatoms. The summed E-state index contributed by atoms with van der Waals surface area (Å²) in [4.78, 5) is 15.4. The van der Waals surface area contributed by atoms with E-state index >= 15 is 0 Å². The number of aryl methyl sites for hydroxylation is 1. The maximum atomic E-state index is 11.2. The zero-order chi connectivity index (χ0) is 16.7. The van der Waals surface area contributed by atoms with Crippen molar-refractivity contribution in [3.63, 3.8) is 0 Å². The highest BCUT2D eigenvalue weighted by Crippen LogP contribution is 2.26. The summed E-state index contributed by atoms with van der Waals surface area (Å²) in [6.07, 6.45) is 7.67. The summed E-state index contributed by atoms with van der Waals surface area (Å²) >= 11 is 0. The van der Waals surface area contributed by atoms with Gasteiger partial charge in [-0.3, -0.25) is 9.78 Å². The number of carbonyl (C=O) groups excluding carboxylic acids is 1. The topological polar surface area (TPSA) is 65.2 Å². The van der Waals surface area contributed by atoms with E-state index in [1.807, 2.05) is 37.4 Å². The summed E-state index contributed by atoms with van der Waals surface area (Å²) in [5.41, 5.74) is 11.0. The number of aromatic nitrogens is 1. The lowest BCUT2D eigenvalue weighted by molar-refractivity contribution is -0.140. The van der Waals surface area contributed by atoms with Crippen molar-refractivity contribution >= 4 is 17.2 Å². The maximum absolute atomic E-state index is 11.2. The van der Waals surface area contributed by atoms with E-state index < -0.39 is 0 Å². The van der Waals surface area contributed by atoms with Crippen molar-refractivity contribution in [2.75, 3.05) is 12.8 Å². The summed E-state index contributed by atoms with van der Waals surface area (Å²) in [5, 5.41) is 0. The second-order valence-electron chi connectivity index (χ2n) is 5.40. The zero-order valence-electron chi connectivity index (χ0n) is 13.6. The van der Waals surface area contributed by atoms with Crippen LogP contribution < -0.4 is 5.73 Å². The fraction of sp³-hybridized carbons (Fsp3) is 0.263. The van der Waals surface area contributed by atoms with Gasteiger partial charge in [-0.25, -0.2) is 0 Å². The summed E-state index contributed by atoms with van der Waals surface area (Å²) in [6, 6.07) is 9.99. The number of nitrogen functional groups attached to an aromatic ring is 1. The average Bonchev–Trinajstić information content (AvgIpc) is 2.58. The van der Waals surface area contributed by atoms with Gasteiger partial charge in [0.1, 0.15) is 0 Å². The molecule has 0 saturated heterocycles. The zero-order valence-corrected chi connectivity index (χ0v) is 13.6. The minimum absolute atomic E-state index is 0.180. The second-order valence-corrected chi connectivity index (χ2v) is 5.40. The van der Waals surface area contributed by atoms with E-state index in [4.69, 9.17) is 5.73 Å². The molecule has 0 aliphatic rings. The number of ether oxygens (including phenoxy) is 1. The number of methoxy groups -OCH3 is 1. The molecule has 2 N–H and O–H groups in total. The summed E-state index contributed by atoms with van der Waals surface area (Å²) < 4.78 is 4.67. The van der Waals surface area contributed by atoms with Crippen LogP contribution in [-0.4, -0.2) is 18.1 Å². The monoisotopic (exact) mass is 310 g/mol. The first-order valence-corrected chi connectivity index (χ1v) is 7.65. The molecule has 1 heterocycles. The number of benzene rings is 1. The normalized spacial score (nSPS) is 11.3. The molecule has 0 radical (unpaired) electrons. The molecule has 0 atom stereocenters. The van der Waals surface area contributed by atoms with E-state index in [9.17, 15) is 4.79 Å². The van der Waals surface area contributed by atoms with Gasteiger partial charge in [-0.1, -0.05) is 24.3 Å². The molecule has 23 heavy (non-hydrogen) atoms. The number of nitrogens with zero attached hydrogens (tertiary/aromatic N) is 1. The lowest BCUT2D eigenvalue weighted by atomic mass is 9.96. The van der Waals surface area contributed by atoms with E-state index in [2.05, 4.69) is 21.9 Å². The molecule has 4 nitrogen and oxygen atoms in total. The Bertz CT molecular complexity index is 694. The predicted octanol–water partition coefficient (Wildman–Crippen LogP) is 3.75. The molecule has 1 aromatic carbocycles. The first-order valence-electron chi connectivity index (χ1n) is 7.65. The van der Waals surface area contributed by atoms with Gasteiger partial charge in [-0.05, 0) is 48.6 Å². The highest BCUT2D eigenvalue weighted by Gasteiger charge is 2.07. The molecule has 0 unspecified atom stereocenters. The molecule has 0 aliphatic carbocycles. The van der Waals surface area contributed by atoms with Crippen LogP contribution in [0.3, 0.4) is 0 Å². The van der Waals surface area contributed by atoms with Crippen LogP contribution in [0.15, 0.2) is 48.8 Å². The molecule has 0 aliphatic heterocycles. The van der Waals surface area contributed by atoms with Crippen molar-refractivity contribution in [2.45, 2.75) is 26.2 Å². The predicted molar refractivity (Wildman–Crippen MR) is 92.8 cm³/mol. The molecule has 0 saturated carbocycles. The summed E-state index contributed by atoms with van der Waals surface area (Å²) in [6.45, 7) is 1.99. The minimum Gasteiger partial charge on any atom is -0.469 e. The number of hydrogen-bond acceptors (Lipinski definition) is 4. The van der Waals surface area contributed by atoms with Crippen LogP contribution in [-0.2, 0) is 9.53 Å².